The van der Waals surface area contributed by atoms with Crippen molar-refractivity contribution < 1.29 is 0 Å². The van der Waals surface area contributed by atoms with Gasteiger partial charge in [-0.2, -0.15) is 0 Å². The summed E-state index contributed by atoms with van der Waals surface area (Å²) in [4.78, 5) is 0. The number of nitrogens with one attached hydrogen (secondary N) is 1. The molecule has 0 heterocycles. The molecule has 0 amide bonds. The Morgan fingerprint density at radius 2 is 1.57 bits per heavy atom. The molecule has 1 aromatic carbocycles. The number of hydrogen-bond donors (Lipinski definition) is 1. The van der Waals surface area contributed by atoms with Crippen molar-refractivity contribution in [2.75, 3.05) is 6.54 Å². The molecular weight excluding hydrogens is 254 g/mol. The van der Waals surface area contributed by atoms with Gasteiger partial charge in [0, 0.05) is 6.04 Å². The minimum Gasteiger partial charge on any atom is -0.310 e. The fraction of sp³-hybridized carbons (Fsp3) is 0.700. The van der Waals surface area contributed by atoms with E-state index in [4.69, 9.17) is 0 Å². The first kappa shape index (κ1) is 18.2. The molecule has 0 aromatic heterocycles. The molecule has 21 heavy (non-hydrogen) atoms. The van der Waals surface area contributed by atoms with E-state index in [1.165, 1.54) is 23.1 Å². The molecule has 1 N–H and O–H groups in total. The monoisotopic (exact) mass is 289 g/mol. The van der Waals surface area contributed by atoms with Gasteiger partial charge >= 0.3 is 0 Å². The maximum atomic E-state index is 3.73. The van der Waals surface area contributed by atoms with Gasteiger partial charge in [0.25, 0.3) is 0 Å². The standard InChI is InChI=1S/C20H35N/c1-9-20(7,8)19(21-10-2)17-12-11-16(14(3)4)13-18(17)15(5)6/h11-15,19,21H,9-10H2,1-8H3. The summed E-state index contributed by atoms with van der Waals surface area (Å²) >= 11 is 0. The van der Waals surface area contributed by atoms with Crippen LogP contribution in [0.1, 0.15) is 96.4 Å². The lowest BCUT2D eigenvalue weighted by Gasteiger charge is -2.36. The first-order valence-electron chi connectivity index (χ1n) is 8.61. The van der Waals surface area contributed by atoms with Crippen molar-refractivity contribution in [3.63, 3.8) is 0 Å². The molecule has 0 saturated heterocycles. The highest BCUT2D eigenvalue weighted by Gasteiger charge is 2.30. The second-order valence-electron chi connectivity index (χ2n) is 7.53. The molecule has 0 aliphatic carbocycles. The van der Waals surface area contributed by atoms with E-state index in [-0.39, 0.29) is 5.41 Å². The quantitative estimate of drug-likeness (QED) is 0.647. The predicted octanol–water partition coefficient (Wildman–Crippen LogP) is 6.02. The summed E-state index contributed by atoms with van der Waals surface area (Å²) in [6.07, 6.45) is 1.17. The molecule has 1 unspecified atom stereocenters. The summed E-state index contributed by atoms with van der Waals surface area (Å²) in [5, 5.41) is 3.73. The van der Waals surface area contributed by atoms with E-state index in [0.29, 0.717) is 17.9 Å². The predicted molar refractivity (Wildman–Crippen MR) is 95.1 cm³/mol. The molecule has 0 radical (unpaired) electrons. The lowest BCUT2D eigenvalue weighted by molar-refractivity contribution is 0.236. The van der Waals surface area contributed by atoms with Gasteiger partial charge in [0.15, 0.2) is 0 Å². The topological polar surface area (TPSA) is 12.0 Å². The molecule has 120 valence electrons. The van der Waals surface area contributed by atoms with Crippen LogP contribution < -0.4 is 5.32 Å². The minimum absolute atomic E-state index is 0.263. The third-order valence-corrected chi connectivity index (χ3v) is 4.81. The van der Waals surface area contributed by atoms with Crippen molar-refractivity contribution in [3.8, 4) is 0 Å². The Balaban J connectivity index is 3.37. The fourth-order valence-electron chi connectivity index (χ4n) is 2.93. The van der Waals surface area contributed by atoms with Gasteiger partial charge in [-0.25, -0.2) is 0 Å². The highest BCUT2D eigenvalue weighted by atomic mass is 14.9. The van der Waals surface area contributed by atoms with E-state index in [2.05, 4.69) is 78.9 Å². The maximum Gasteiger partial charge on any atom is 0.0374 e. The number of rotatable bonds is 7. The Hall–Kier alpha value is -0.820. The highest BCUT2D eigenvalue weighted by Crippen LogP contribution is 2.40. The molecule has 1 nitrogen and oxygen atoms in total. The molecule has 1 atom stereocenters. The third-order valence-electron chi connectivity index (χ3n) is 4.81. The van der Waals surface area contributed by atoms with E-state index >= 15 is 0 Å². The van der Waals surface area contributed by atoms with Gasteiger partial charge in [-0.15, -0.1) is 0 Å². The van der Waals surface area contributed by atoms with Gasteiger partial charge in [0.1, 0.15) is 0 Å². The zero-order valence-electron chi connectivity index (χ0n) is 15.4. The summed E-state index contributed by atoms with van der Waals surface area (Å²) in [6.45, 7) is 19.4. The van der Waals surface area contributed by atoms with E-state index < -0.39 is 0 Å². The normalized spacial score (nSPS) is 14.0. The molecular formula is C20H35N. The first-order valence-corrected chi connectivity index (χ1v) is 8.61. The van der Waals surface area contributed by atoms with Crippen LogP contribution in [-0.2, 0) is 0 Å². The van der Waals surface area contributed by atoms with E-state index in [0.717, 1.165) is 6.54 Å². The van der Waals surface area contributed by atoms with Crippen LogP contribution in [0.4, 0.5) is 0 Å². The van der Waals surface area contributed by atoms with Crippen LogP contribution in [-0.4, -0.2) is 6.54 Å². The molecule has 0 aliphatic rings. The summed E-state index contributed by atoms with van der Waals surface area (Å²) in [5.41, 5.74) is 4.71. The van der Waals surface area contributed by atoms with Crippen molar-refractivity contribution in [3.05, 3.63) is 34.9 Å². The van der Waals surface area contributed by atoms with Crippen LogP contribution >= 0.6 is 0 Å². The number of hydrogen-bond acceptors (Lipinski definition) is 1. The summed E-state index contributed by atoms with van der Waals surface area (Å²) in [6, 6.07) is 7.55. The Bertz CT molecular complexity index is 443. The van der Waals surface area contributed by atoms with Gasteiger partial charge in [0.05, 0.1) is 0 Å². The molecule has 1 aromatic rings. The molecule has 0 bridgehead atoms. The average Bonchev–Trinajstić information content (AvgIpc) is 2.43. The van der Waals surface area contributed by atoms with Gasteiger partial charge < -0.3 is 5.32 Å². The van der Waals surface area contributed by atoms with Gasteiger partial charge in [-0.1, -0.05) is 73.6 Å². The van der Waals surface area contributed by atoms with Crippen LogP contribution in [0.3, 0.4) is 0 Å². The summed E-state index contributed by atoms with van der Waals surface area (Å²) < 4.78 is 0. The lowest BCUT2D eigenvalue weighted by Crippen LogP contribution is -2.34. The second-order valence-corrected chi connectivity index (χ2v) is 7.53. The summed E-state index contributed by atoms with van der Waals surface area (Å²) in [7, 11) is 0. The Kier molecular flexibility index (Phi) is 6.46. The largest absolute Gasteiger partial charge is 0.310 e. The molecule has 0 spiro atoms. The maximum absolute atomic E-state index is 3.73. The van der Waals surface area contributed by atoms with Crippen molar-refractivity contribution in [1.82, 2.24) is 5.32 Å². The molecule has 0 aliphatic heterocycles. The van der Waals surface area contributed by atoms with Crippen LogP contribution in [0.25, 0.3) is 0 Å². The molecule has 0 saturated carbocycles. The van der Waals surface area contributed by atoms with E-state index in [1.807, 2.05) is 0 Å². The average molecular weight is 290 g/mol. The van der Waals surface area contributed by atoms with Crippen LogP contribution in [0.5, 0.6) is 0 Å². The Labute approximate surface area is 132 Å². The Morgan fingerprint density at radius 1 is 0.952 bits per heavy atom. The first-order chi connectivity index (χ1) is 9.74. The molecule has 1 heteroatoms. The molecule has 1 rings (SSSR count). The fourth-order valence-corrected chi connectivity index (χ4v) is 2.93. The van der Waals surface area contributed by atoms with Crippen LogP contribution in [0.15, 0.2) is 18.2 Å². The van der Waals surface area contributed by atoms with Gasteiger partial charge in [0.2, 0.25) is 0 Å². The zero-order chi connectivity index (χ0) is 16.2. The summed E-state index contributed by atoms with van der Waals surface area (Å²) in [5.74, 6) is 1.15. The van der Waals surface area contributed by atoms with Crippen LogP contribution in [0, 0.1) is 5.41 Å². The number of benzene rings is 1. The van der Waals surface area contributed by atoms with Crippen molar-refractivity contribution in [2.24, 2.45) is 5.41 Å². The Morgan fingerprint density at radius 3 is 2.00 bits per heavy atom. The van der Waals surface area contributed by atoms with E-state index in [1.54, 1.807) is 0 Å². The van der Waals surface area contributed by atoms with Crippen molar-refractivity contribution >= 4 is 0 Å². The lowest BCUT2D eigenvalue weighted by atomic mass is 9.75. The zero-order valence-corrected chi connectivity index (χ0v) is 15.4. The smallest absolute Gasteiger partial charge is 0.0374 e. The second kappa shape index (κ2) is 7.45. The SMILES string of the molecule is CCNC(c1ccc(C(C)C)cc1C(C)C)C(C)(C)CC. The van der Waals surface area contributed by atoms with Gasteiger partial charge in [-0.3, -0.25) is 0 Å². The van der Waals surface area contributed by atoms with Crippen molar-refractivity contribution in [1.29, 1.82) is 0 Å². The van der Waals surface area contributed by atoms with Crippen LogP contribution in [0.2, 0.25) is 0 Å². The van der Waals surface area contributed by atoms with E-state index in [9.17, 15) is 0 Å². The van der Waals surface area contributed by atoms with Gasteiger partial charge in [-0.05, 0) is 46.9 Å². The third kappa shape index (κ3) is 4.32. The minimum atomic E-state index is 0.263. The highest BCUT2D eigenvalue weighted by molar-refractivity contribution is 5.38. The molecule has 0 fully saturated rings. The van der Waals surface area contributed by atoms with Crippen molar-refractivity contribution in [2.45, 2.75) is 79.7 Å².